The van der Waals surface area contributed by atoms with Crippen LogP contribution < -0.4 is 0 Å². The van der Waals surface area contributed by atoms with Gasteiger partial charge in [-0.2, -0.15) is 11.8 Å². The zero-order chi connectivity index (χ0) is 10.4. The molecule has 0 aliphatic heterocycles. The van der Waals surface area contributed by atoms with E-state index in [1.54, 1.807) is 6.92 Å². The first kappa shape index (κ1) is 11.3. The van der Waals surface area contributed by atoms with E-state index in [1.165, 1.54) is 11.1 Å². The molecule has 0 aromatic heterocycles. The molecule has 0 N–H and O–H groups in total. The van der Waals surface area contributed by atoms with Gasteiger partial charge in [0.2, 0.25) is 0 Å². The second kappa shape index (κ2) is 5.86. The van der Waals surface area contributed by atoms with Gasteiger partial charge in [-0.25, -0.2) is 0 Å². The number of benzene rings is 1. The molecule has 0 atom stereocenters. The zero-order valence-electron chi connectivity index (χ0n) is 8.75. The van der Waals surface area contributed by atoms with Gasteiger partial charge in [-0.3, -0.25) is 4.79 Å². The Morgan fingerprint density at radius 1 is 1.43 bits per heavy atom. The van der Waals surface area contributed by atoms with E-state index in [-0.39, 0.29) is 5.78 Å². The van der Waals surface area contributed by atoms with Gasteiger partial charge in [-0.15, -0.1) is 0 Å². The number of Topliss-reactive ketones (excluding diaryl/α,β-unsaturated/α-hetero) is 1. The van der Waals surface area contributed by atoms with Crippen LogP contribution in [0.1, 0.15) is 24.5 Å². The van der Waals surface area contributed by atoms with Crippen LogP contribution >= 0.6 is 11.8 Å². The third-order valence-corrected chi connectivity index (χ3v) is 2.98. The number of carbonyl (C=O) groups is 1. The fraction of sp³-hybridized carbons (Fsp3) is 0.417. The van der Waals surface area contributed by atoms with E-state index in [1.807, 2.05) is 11.8 Å². The van der Waals surface area contributed by atoms with E-state index in [9.17, 15) is 4.79 Å². The van der Waals surface area contributed by atoms with Crippen molar-refractivity contribution in [3.8, 4) is 0 Å². The van der Waals surface area contributed by atoms with Crippen LogP contribution in [0.2, 0.25) is 0 Å². The van der Waals surface area contributed by atoms with E-state index in [2.05, 4.69) is 31.2 Å². The Kier molecular flexibility index (Phi) is 4.74. The molecule has 0 bridgehead atoms. The third kappa shape index (κ3) is 4.47. The number of rotatable bonds is 5. The highest BCUT2D eigenvalue weighted by molar-refractivity contribution is 7.98. The van der Waals surface area contributed by atoms with E-state index < -0.39 is 0 Å². The van der Waals surface area contributed by atoms with Gasteiger partial charge in [0.05, 0.1) is 0 Å². The number of carbonyl (C=O) groups excluding carboxylic acids is 1. The second-order valence-corrected chi connectivity index (χ2v) is 4.60. The minimum atomic E-state index is 0.279. The summed E-state index contributed by atoms with van der Waals surface area (Å²) < 4.78 is 0. The summed E-state index contributed by atoms with van der Waals surface area (Å²) in [6.07, 6.45) is 0.691. The number of hydrogen-bond donors (Lipinski definition) is 0. The van der Waals surface area contributed by atoms with Crippen molar-refractivity contribution in [1.82, 2.24) is 0 Å². The van der Waals surface area contributed by atoms with E-state index in [4.69, 9.17) is 0 Å². The fourth-order valence-electron chi connectivity index (χ4n) is 1.21. The zero-order valence-corrected chi connectivity index (χ0v) is 9.56. The average Bonchev–Trinajstić information content (AvgIpc) is 2.12. The Balaban J connectivity index is 2.28. The molecule has 0 saturated heterocycles. The predicted molar refractivity (Wildman–Crippen MR) is 62.6 cm³/mol. The van der Waals surface area contributed by atoms with Crippen molar-refractivity contribution in [2.24, 2.45) is 0 Å². The lowest BCUT2D eigenvalue weighted by molar-refractivity contribution is -0.116. The van der Waals surface area contributed by atoms with Crippen molar-refractivity contribution in [3.63, 3.8) is 0 Å². The third-order valence-electron chi connectivity index (χ3n) is 1.95. The maximum Gasteiger partial charge on any atom is 0.130 e. The molecule has 0 saturated carbocycles. The highest BCUT2D eigenvalue weighted by Crippen LogP contribution is 2.14. The molecule has 2 heteroatoms. The maximum atomic E-state index is 10.7. The summed E-state index contributed by atoms with van der Waals surface area (Å²) in [5.41, 5.74) is 2.65. The quantitative estimate of drug-likeness (QED) is 0.691. The van der Waals surface area contributed by atoms with Crippen molar-refractivity contribution in [3.05, 3.63) is 35.4 Å². The van der Waals surface area contributed by atoms with Crippen molar-refractivity contribution < 1.29 is 4.79 Å². The van der Waals surface area contributed by atoms with Crippen LogP contribution in [-0.2, 0) is 10.5 Å². The van der Waals surface area contributed by atoms with Crippen LogP contribution in [0.25, 0.3) is 0 Å². The first-order valence-corrected chi connectivity index (χ1v) is 5.96. The molecule has 14 heavy (non-hydrogen) atoms. The Labute approximate surface area is 89.9 Å². The first-order valence-electron chi connectivity index (χ1n) is 4.81. The van der Waals surface area contributed by atoms with Crippen LogP contribution in [0, 0.1) is 6.92 Å². The summed E-state index contributed by atoms with van der Waals surface area (Å²) in [5, 5.41) is 0. The predicted octanol–water partition coefficient (Wildman–Crippen LogP) is 3.21. The second-order valence-electron chi connectivity index (χ2n) is 3.49. The Bertz CT molecular complexity index is 307. The molecule has 76 valence electrons. The molecule has 1 aromatic rings. The number of hydrogen-bond acceptors (Lipinski definition) is 2. The van der Waals surface area contributed by atoms with Crippen LogP contribution in [0.4, 0.5) is 0 Å². The van der Waals surface area contributed by atoms with Gasteiger partial charge in [0.15, 0.2) is 0 Å². The molecule has 1 nitrogen and oxygen atoms in total. The van der Waals surface area contributed by atoms with Gasteiger partial charge in [0.1, 0.15) is 5.78 Å². The molecule has 0 spiro atoms. The Morgan fingerprint density at radius 3 is 2.86 bits per heavy atom. The normalized spacial score (nSPS) is 10.1. The summed E-state index contributed by atoms with van der Waals surface area (Å²) in [6, 6.07) is 8.51. The first-order chi connectivity index (χ1) is 6.68. The lowest BCUT2D eigenvalue weighted by atomic mass is 10.2. The smallest absolute Gasteiger partial charge is 0.130 e. The molecular formula is C12H16OS. The van der Waals surface area contributed by atoms with Crippen LogP contribution in [0.15, 0.2) is 24.3 Å². The number of thioether (sulfide) groups is 1. The molecule has 1 rings (SSSR count). The molecule has 0 heterocycles. The minimum absolute atomic E-state index is 0.279. The summed E-state index contributed by atoms with van der Waals surface area (Å²) in [7, 11) is 0. The van der Waals surface area contributed by atoms with Gasteiger partial charge >= 0.3 is 0 Å². The molecular weight excluding hydrogens is 192 g/mol. The van der Waals surface area contributed by atoms with Gasteiger partial charge in [-0.1, -0.05) is 29.8 Å². The van der Waals surface area contributed by atoms with Gasteiger partial charge in [0.25, 0.3) is 0 Å². The lowest BCUT2D eigenvalue weighted by Gasteiger charge is -2.01. The van der Waals surface area contributed by atoms with Crippen LogP contribution in [0.5, 0.6) is 0 Å². The molecule has 0 amide bonds. The van der Waals surface area contributed by atoms with Gasteiger partial charge < -0.3 is 0 Å². The molecule has 1 aromatic carbocycles. The highest BCUT2D eigenvalue weighted by atomic mass is 32.2. The topological polar surface area (TPSA) is 17.1 Å². The largest absolute Gasteiger partial charge is 0.300 e. The van der Waals surface area contributed by atoms with Crippen molar-refractivity contribution in [2.45, 2.75) is 26.0 Å². The number of ketones is 1. The van der Waals surface area contributed by atoms with Gasteiger partial charge in [-0.05, 0) is 19.4 Å². The van der Waals surface area contributed by atoms with Gasteiger partial charge in [0, 0.05) is 17.9 Å². The molecule has 0 fully saturated rings. The Morgan fingerprint density at radius 2 is 2.21 bits per heavy atom. The monoisotopic (exact) mass is 208 g/mol. The number of aryl methyl sites for hydroxylation is 1. The van der Waals surface area contributed by atoms with Crippen molar-refractivity contribution >= 4 is 17.5 Å². The molecule has 0 unspecified atom stereocenters. The fourth-order valence-corrected chi connectivity index (χ4v) is 2.20. The van der Waals surface area contributed by atoms with Crippen LogP contribution in [-0.4, -0.2) is 11.5 Å². The summed E-state index contributed by atoms with van der Waals surface area (Å²) >= 11 is 1.82. The van der Waals surface area contributed by atoms with E-state index >= 15 is 0 Å². The molecule has 0 radical (unpaired) electrons. The highest BCUT2D eigenvalue weighted by Gasteiger charge is 1.96. The summed E-state index contributed by atoms with van der Waals surface area (Å²) in [5.74, 6) is 2.22. The molecule has 0 aliphatic carbocycles. The summed E-state index contributed by atoms with van der Waals surface area (Å²) in [6.45, 7) is 3.75. The average molecular weight is 208 g/mol. The molecule has 0 aliphatic rings. The van der Waals surface area contributed by atoms with Crippen molar-refractivity contribution in [2.75, 3.05) is 5.75 Å². The van der Waals surface area contributed by atoms with E-state index in [0.717, 1.165) is 11.5 Å². The standard InChI is InChI=1S/C12H16OS/c1-10-4-3-5-12(8-10)9-14-7-6-11(2)13/h3-5,8H,6-7,9H2,1-2H3. The van der Waals surface area contributed by atoms with Crippen molar-refractivity contribution in [1.29, 1.82) is 0 Å². The van der Waals surface area contributed by atoms with E-state index in [0.29, 0.717) is 6.42 Å². The SMILES string of the molecule is CC(=O)CCSCc1cccc(C)c1. The van der Waals surface area contributed by atoms with Crippen LogP contribution in [0.3, 0.4) is 0 Å². The minimum Gasteiger partial charge on any atom is -0.300 e. The maximum absolute atomic E-state index is 10.7. The Hall–Kier alpha value is -0.760. The lowest BCUT2D eigenvalue weighted by Crippen LogP contribution is -1.92. The summed E-state index contributed by atoms with van der Waals surface area (Å²) in [4.78, 5) is 10.7.